The molecule has 124 valence electrons. The Hall–Kier alpha value is -0.860. The zero-order chi connectivity index (χ0) is 16.3. The number of amides is 2. The molecule has 1 atom stereocenters. The number of sulfonamides is 1. The fraction of sp³-hybridized carbons (Fsp3) is 0.923. The first kappa shape index (κ1) is 18.2. The molecule has 0 unspecified atom stereocenters. The van der Waals surface area contributed by atoms with Crippen LogP contribution in [0.2, 0.25) is 0 Å². The van der Waals surface area contributed by atoms with Gasteiger partial charge in [-0.1, -0.05) is 0 Å². The van der Waals surface area contributed by atoms with Gasteiger partial charge in [0.1, 0.15) is 0 Å². The van der Waals surface area contributed by atoms with E-state index < -0.39 is 10.0 Å². The van der Waals surface area contributed by atoms with Crippen molar-refractivity contribution < 1.29 is 13.2 Å². The maximum absolute atomic E-state index is 12.2. The molecule has 0 bridgehead atoms. The van der Waals surface area contributed by atoms with E-state index in [2.05, 4.69) is 28.8 Å². The van der Waals surface area contributed by atoms with Gasteiger partial charge in [-0.2, -0.15) is 0 Å². The van der Waals surface area contributed by atoms with Crippen molar-refractivity contribution in [1.29, 1.82) is 0 Å². The third-order valence-corrected chi connectivity index (χ3v) is 4.73. The largest absolute Gasteiger partial charge is 0.336 e. The number of carbonyl (C=O) groups is 1. The minimum Gasteiger partial charge on any atom is -0.336 e. The molecule has 8 heteroatoms. The summed E-state index contributed by atoms with van der Waals surface area (Å²) in [5, 5.41) is 2.93. The van der Waals surface area contributed by atoms with Crippen LogP contribution in [-0.2, 0) is 10.0 Å². The monoisotopic (exact) mass is 320 g/mol. The summed E-state index contributed by atoms with van der Waals surface area (Å²) in [6.07, 6.45) is 2.71. The molecule has 2 N–H and O–H groups in total. The summed E-state index contributed by atoms with van der Waals surface area (Å²) in [4.78, 5) is 15.9. The van der Waals surface area contributed by atoms with Crippen molar-refractivity contribution >= 4 is 16.1 Å². The molecule has 0 aromatic carbocycles. The van der Waals surface area contributed by atoms with Crippen LogP contribution in [0.15, 0.2) is 0 Å². The molecule has 0 saturated carbocycles. The molecule has 0 aromatic heterocycles. The molecule has 1 saturated heterocycles. The van der Waals surface area contributed by atoms with Gasteiger partial charge in [0.25, 0.3) is 0 Å². The number of nitrogens with one attached hydrogen (secondary N) is 2. The number of piperidine rings is 1. The SMILES string of the molecule is CN(C)C(C)(C)CNC(=O)N1CCC[C@@H](NS(C)(=O)=O)C1. The molecule has 0 aliphatic carbocycles. The minimum absolute atomic E-state index is 0.129. The van der Waals surface area contributed by atoms with E-state index in [9.17, 15) is 13.2 Å². The van der Waals surface area contributed by atoms with Crippen LogP contribution in [0, 0.1) is 0 Å². The molecule has 1 fully saturated rings. The highest BCUT2D eigenvalue weighted by atomic mass is 32.2. The second-order valence-electron chi connectivity index (χ2n) is 6.54. The van der Waals surface area contributed by atoms with Crippen LogP contribution < -0.4 is 10.0 Å². The fourth-order valence-corrected chi connectivity index (χ4v) is 2.92. The highest BCUT2D eigenvalue weighted by molar-refractivity contribution is 7.88. The molecule has 0 radical (unpaired) electrons. The van der Waals surface area contributed by atoms with Crippen LogP contribution in [0.25, 0.3) is 0 Å². The van der Waals surface area contributed by atoms with E-state index in [0.29, 0.717) is 19.6 Å². The first-order chi connectivity index (χ1) is 9.51. The Balaban J connectivity index is 2.51. The van der Waals surface area contributed by atoms with E-state index in [1.807, 2.05) is 14.1 Å². The molecule has 1 rings (SSSR count). The number of hydrogen-bond donors (Lipinski definition) is 2. The summed E-state index contributed by atoms with van der Waals surface area (Å²) in [6.45, 7) is 5.73. The lowest BCUT2D eigenvalue weighted by molar-refractivity contribution is 0.159. The van der Waals surface area contributed by atoms with E-state index >= 15 is 0 Å². The predicted octanol–water partition coefficient (Wildman–Crippen LogP) is 0.0498. The van der Waals surface area contributed by atoms with E-state index in [1.54, 1.807) is 4.90 Å². The van der Waals surface area contributed by atoms with Gasteiger partial charge in [0.05, 0.1) is 6.26 Å². The quantitative estimate of drug-likeness (QED) is 0.750. The summed E-state index contributed by atoms with van der Waals surface area (Å²) in [7, 11) is 0.708. The number of hydrogen-bond acceptors (Lipinski definition) is 4. The van der Waals surface area contributed by atoms with E-state index in [-0.39, 0.29) is 17.6 Å². The van der Waals surface area contributed by atoms with Crippen molar-refractivity contribution in [2.24, 2.45) is 0 Å². The van der Waals surface area contributed by atoms with Gasteiger partial charge in [-0.05, 0) is 40.8 Å². The lowest BCUT2D eigenvalue weighted by atomic mass is 10.0. The third kappa shape index (κ3) is 6.19. The number of urea groups is 1. The number of carbonyl (C=O) groups excluding carboxylic acids is 1. The summed E-state index contributed by atoms with van der Waals surface area (Å²) in [5.41, 5.74) is -0.129. The van der Waals surface area contributed by atoms with Gasteiger partial charge >= 0.3 is 6.03 Å². The number of likely N-dealkylation sites (N-methyl/N-ethyl adjacent to an activating group) is 1. The minimum atomic E-state index is -3.23. The third-order valence-electron chi connectivity index (χ3n) is 3.97. The predicted molar refractivity (Wildman–Crippen MR) is 83.7 cm³/mol. The zero-order valence-corrected chi connectivity index (χ0v) is 14.5. The Morgan fingerprint density at radius 1 is 1.38 bits per heavy atom. The second kappa shape index (κ2) is 6.93. The molecule has 0 spiro atoms. The molecular weight excluding hydrogens is 292 g/mol. The van der Waals surface area contributed by atoms with Gasteiger partial charge in [-0.3, -0.25) is 0 Å². The van der Waals surface area contributed by atoms with Crippen LogP contribution in [-0.4, -0.2) is 75.8 Å². The van der Waals surface area contributed by atoms with E-state index in [1.165, 1.54) is 0 Å². The Labute approximate surface area is 128 Å². The van der Waals surface area contributed by atoms with Crippen molar-refractivity contribution in [1.82, 2.24) is 19.8 Å². The molecule has 2 amide bonds. The summed E-state index contributed by atoms with van der Waals surface area (Å²) >= 11 is 0. The highest BCUT2D eigenvalue weighted by Gasteiger charge is 2.27. The zero-order valence-electron chi connectivity index (χ0n) is 13.6. The second-order valence-corrected chi connectivity index (χ2v) is 8.32. The number of likely N-dealkylation sites (tertiary alicyclic amines) is 1. The summed E-state index contributed by atoms with van der Waals surface area (Å²) < 4.78 is 25.1. The summed E-state index contributed by atoms with van der Waals surface area (Å²) in [5.74, 6) is 0. The lowest BCUT2D eigenvalue weighted by Gasteiger charge is -2.36. The van der Waals surface area contributed by atoms with Gasteiger partial charge in [-0.15, -0.1) is 0 Å². The van der Waals surface area contributed by atoms with E-state index in [4.69, 9.17) is 0 Å². The van der Waals surface area contributed by atoms with Crippen LogP contribution >= 0.6 is 0 Å². The Kier molecular flexibility index (Phi) is 6.01. The first-order valence-electron chi connectivity index (χ1n) is 7.19. The average Bonchev–Trinajstić information content (AvgIpc) is 2.34. The lowest BCUT2D eigenvalue weighted by Crippen LogP contribution is -2.55. The molecule has 7 nitrogen and oxygen atoms in total. The highest BCUT2D eigenvalue weighted by Crippen LogP contribution is 2.12. The number of rotatable bonds is 5. The normalized spacial score (nSPS) is 20.7. The first-order valence-corrected chi connectivity index (χ1v) is 9.08. The topological polar surface area (TPSA) is 81.8 Å². The van der Waals surface area contributed by atoms with Crippen LogP contribution in [0.1, 0.15) is 26.7 Å². The Bertz CT molecular complexity index is 462. The molecule has 1 heterocycles. The smallest absolute Gasteiger partial charge is 0.317 e. The molecule has 0 aromatic rings. The average molecular weight is 320 g/mol. The number of nitrogens with zero attached hydrogens (tertiary/aromatic N) is 2. The summed E-state index contributed by atoms with van der Waals surface area (Å²) in [6, 6.07) is -0.328. The maximum atomic E-state index is 12.2. The fourth-order valence-electron chi connectivity index (χ4n) is 2.12. The van der Waals surface area contributed by atoms with Crippen molar-refractivity contribution in [2.75, 3.05) is 40.0 Å². The maximum Gasteiger partial charge on any atom is 0.317 e. The van der Waals surface area contributed by atoms with Crippen LogP contribution in [0.4, 0.5) is 4.79 Å². The van der Waals surface area contributed by atoms with Gasteiger partial charge in [0.15, 0.2) is 0 Å². The van der Waals surface area contributed by atoms with Gasteiger partial charge in [0.2, 0.25) is 10.0 Å². The van der Waals surface area contributed by atoms with Crippen LogP contribution in [0.3, 0.4) is 0 Å². The van der Waals surface area contributed by atoms with E-state index in [0.717, 1.165) is 19.1 Å². The van der Waals surface area contributed by atoms with Gasteiger partial charge < -0.3 is 15.1 Å². The van der Waals surface area contributed by atoms with Gasteiger partial charge in [-0.25, -0.2) is 17.9 Å². The standard InChI is InChI=1S/C13H28N4O3S/c1-13(2,16(3)4)10-14-12(18)17-8-6-7-11(9-17)15-21(5,19)20/h11,15H,6-10H2,1-5H3,(H,14,18)/t11-/m1/s1. The van der Waals surface area contributed by atoms with Crippen LogP contribution in [0.5, 0.6) is 0 Å². The van der Waals surface area contributed by atoms with Crippen molar-refractivity contribution in [3.63, 3.8) is 0 Å². The molecule has 1 aliphatic rings. The molecule has 1 aliphatic heterocycles. The van der Waals surface area contributed by atoms with Crippen molar-refractivity contribution in [3.8, 4) is 0 Å². The van der Waals surface area contributed by atoms with Crippen molar-refractivity contribution in [3.05, 3.63) is 0 Å². The van der Waals surface area contributed by atoms with Gasteiger partial charge in [0, 0.05) is 31.2 Å². The van der Waals surface area contributed by atoms with Crippen molar-refractivity contribution in [2.45, 2.75) is 38.3 Å². The molecular formula is C13H28N4O3S. The Morgan fingerprint density at radius 2 is 2.00 bits per heavy atom. The molecule has 21 heavy (non-hydrogen) atoms. The Morgan fingerprint density at radius 3 is 2.52 bits per heavy atom.